The van der Waals surface area contributed by atoms with Crippen LogP contribution in [0.1, 0.15) is 5.56 Å². The minimum absolute atomic E-state index is 0.946. The lowest BCUT2D eigenvalue weighted by Gasteiger charge is -2.09. The van der Waals surface area contributed by atoms with Crippen molar-refractivity contribution in [2.24, 2.45) is 0 Å². The summed E-state index contributed by atoms with van der Waals surface area (Å²) in [6.45, 7) is 6.96. The molecule has 0 fully saturated rings. The van der Waals surface area contributed by atoms with Crippen molar-refractivity contribution in [2.45, 2.75) is 19.6 Å². The first-order chi connectivity index (χ1) is 6.53. The zero-order valence-corrected chi connectivity index (χ0v) is 10.4. The maximum atomic E-state index is 5.27. The summed E-state index contributed by atoms with van der Waals surface area (Å²) in [7, 11) is 0.598. The number of hydrogen-bond acceptors (Lipinski definition) is 1. The molecule has 0 amide bonds. The molecule has 0 spiro atoms. The van der Waals surface area contributed by atoms with Crippen molar-refractivity contribution >= 4 is 14.1 Å². The van der Waals surface area contributed by atoms with Gasteiger partial charge in [0.05, 0.1) is 15.2 Å². The molecule has 0 atom stereocenters. The second kappa shape index (κ2) is 4.47. The monoisotopic (exact) mass is 206 g/mol. The summed E-state index contributed by atoms with van der Waals surface area (Å²) in [6.07, 6.45) is 2.17. The van der Waals surface area contributed by atoms with Crippen LogP contribution in [-0.2, 0) is 0 Å². The third-order valence-electron chi connectivity index (χ3n) is 1.90. The average Bonchev–Trinajstić information content (AvgIpc) is 2.14. The predicted octanol–water partition coefficient (Wildman–Crippen LogP) is 3.59. The molecule has 76 valence electrons. The van der Waals surface area contributed by atoms with Gasteiger partial charge < -0.3 is 4.74 Å². The summed E-state index contributed by atoms with van der Waals surface area (Å²) in [5.74, 6) is 0.946. The smallest absolute Gasteiger partial charge is 0.126 e. The van der Waals surface area contributed by atoms with Crippen molar-refractivity contribution < 1.29 is 4.74 Å². The van der Waals surface area contributed by atoms with Gasteiger partial charge in [0.25, 0.3) is 0 Å². The van der Waals surface area contributed by atoms with Crippen molar-refractivity contribution in [1.29, 1.82) is 0 Å². The molecule has 0 bridgehead atoms. The van der Waals surface area contributed by atoms with Crippen LogP contribution in [0.3, 0.4) is 0 Å². The molecule has 0 aromatic heterocycles. The fourth-order valence-electron chi connectivity index (χ4n) is 1.14. The normalized spacial score (nSPS) is 12.0. The van der Waals surface area contributed by atoms with Crippen molar-refractivity contribution in [3.8, 4) is 5.75 Å². The largest absolute Gasteiger partial charge is 0.496 e. The van der Waals surface area contributed by atoms with E-state index in [1.165, 1.54) is 0 Å². The predicted molar refractivity (Wildman–Crippen MR) is 65.4 cm³/mol. The molecule has 0 saturated heterocycles. The molecule has 0 radical (unpaired) electrons. The molecule has 0 heterocycles. The van der Waals surface area contributed by atoms with E-state index in [0.29, 0.717) is 0 Å². The third-order valence-corrected chi connectivity index (χ3v) is 3.07. The summed E-state index contributed by atoms with van der Waals surface area (Å²) in [4.78, 5) is 0. The van der Waals surface area contributed by atoms with Gasteiger partial charge in [-0.15, -0.1) is 0 Å². The third kappa shape index (κ3) is 3.38. The SMILES string of the molecule is COc1ccccc1/C=C\[Si](C)(C)C. The number of para-hydroxylation sites is 1. The maximum Gasteiger partial charge on any atom is 0.126 e. The van der Waals surface area contributed by atoms with Crippen LogP contribution in [0.5, 0.6) is 5.75 Å². The summed E-state index contributed by atoms with van der Waals surface area (Å²) in [5, 5.41) is 0. The Kier molecular flexibility index (Phi) is 3.53. The molecule has 0 saturated carbocycles. The van der Waals surface area contributed by atoms with Crippen LogP contribution in [0.2, 0.25) is 19.6 Å². The summed E-state index contributed by atoms with van der Waals surface area (Å²) < 4.78 is 5.27. The quantitative estimate of drug-likeness (QED) is 0.687. The van der Waals surface area contributed by atoms with Gasteiger partial charge >= 0.3 is 0 Å². The highest BCUT2D eigenvalue weighted by Gasteiger charge is 2.07. The van der Waals surface area contributed by atoms with Crippen molar-refractivity contribution in [2.75, 3.05) is 7.11 Å². The number of hydrogen-bond donors (Lipinski definition) is 0. The zero-order chi connectivity index (χ0) is 10.6. The summed E-state index contributed by atoms with van der Waals surface area (Å²) in [6, 6.07) is 8.09. The molecular weight excluding hydrogens is 188 g/mol. The Bertz CT molecular complexity index is 323. The molecule has 2 heteroatoms. The Labute approximate surface area is 87.4 Å². The second-order valence-corrected chi connectivity index (χ2v) is 9.51. The van der Waals surface area contributed by atoms with E-state index < -0.39 is 8.07 Å². The van der Waals surface area contributed by atoms with E-state index in [-0.39, 0.29) is 0 Å². The maximum absolute atomic E-state index is 5.27. The van der Waals surface area contributed by atoms with Crippen molar-refractivity contribution in [3.05, 3.63) is 35.5 Å². The molecule has 1 aromatic carbocycles. The van der Waals surface area contributed by atoms with Crippen LogP contribution < -0.4 is 4.74 Å². The fourth-order valence-corrected chi connectivity index (χ4v) is 1.82. The van der Waals surface area contributed by atoms with Gasteiger partial charge in [-0.3, -0.25) is 0 Å². The molecular formula is C12H18OSi. The highest BCUT2D eigenvalue weighted by molar-refractivity contribution is 6.81. The second-order valence-electron chi connectivity index (χ2n) is 4.44. The molecule has 0 N–H and O–H groups in total. The fraction of sp³-hybridized carbons (Fsp3) is 0.333. The number of benzene rings is 1. The molecule has 0 aliphatic heterocycles. The highest BCUT2D eigenvalue weighted by atomic mass is 28.3. The van der Waals surface area contributed by atoms with Crippen LogP contribution in [-0.4, -0.2) is 15.2 Å². The average molecular weight is 206 g/mol. The van der Waals surface area contributed by atoms with Gasteiger partial charge in [-0.05, 0) is 6.07 Å². The van der Waals surface area contributed by atoms with Crippen LogP contribution in [0, 0.1) is 0 Å². The standard InChI is InChI=1S/C12H18OSi/c1-13-12-8-6-5-7-11(12)9-10-14(2,3)4/h5-10H,1-4H3/b10-9-. The lowest BCUT2D eigenvalue weighted by atomic mass is 10.2. The Morgan fingerprint density at radius 2 is 1.79 bits per heavy atom. The minimum Gasteiger partial charge on any atom is -0.496 e. The lowest BCUT2D eigenvalue weighted by molar-refractivity contribution is 0.414. The van der Waals surface area contributed by atoms with Gasteiger partial charge in [0.2, 0.25) is 0 Å². The summed E-state index contributed by atoms with van der Waals surface area (Å²) >= 11 is 0. The summed E-state index contributed by atoms with van der Waals surface area (Å²) in [5.41, 5.74) is 3.49. The van der Waals surface area contributed by atoms with Gasteiger partial charge in [0, 0.05) is 5.56 Å². The van der Waals surface area contributed by atoms with E-state index in [2.05, 4.69) is 37.5 Å². The van der Waals surface area contributed by atoms with Crippen molar-refractivity contribution in [1.82, 2.24) is 0 Å². The van der Waals surface area contributed by atoms with E-state index in [0.717, 1.165) is 11.3 Å². The van der Waals surface area contributed by atoms with Crippen LogP contribution >= 0.6 is 0 Å². The topological polar surface area (TPSA) is 9.23 Å². The van der Waals surface area contributed by atoms with Gasteiger partial charge in [-0.1, -0.05) is 49.6 Å². The van der Waals surface area contributed by atoms with E-state index in [1.54, 1.807) is 7.11 Å². The van der Waals surface area contributed by atoms with Gasteiger partial charge in [-0.25, -0.2) is 0 Å². The molecule has 1 nitrogen and oxygen atoms in total. The van der Waals surface area contributed by atoms with Crippen LogP contribution in [0.4, 0.5) is 0 Å². The van der Waals surface area contributed by atoms with Gasteiger partial charge in [0.15, 0.2) is 0 Å². The number of methoxy groups -OCH3 is 1. The molecule has 1 aromatic rings. The molecule has 1 rings (SSSR count). The minimum atomic E-state index is -1.11. The van der Waals surface area contributed by atoms with Crippen LogP contribution in [0.25, 0.3) is 6.08 Å². The Morgan fingerprint density at radius 1 is 1.14 bits per heavy atom. The molecule has 0 aliphatic carbocycles. The first kappa shape index (κ1) is 11.1. The van der Waals surface area contributed by atoms with Gasteiger partial charge in [0.1, 0.15) is 5.75 Å². The molecule has 0 unspecified atom stereocenters. The first-order valence-corrected chi connectivity index (χ1v) is 8.43. The zero-order valence-electron chi connectivity index (χ0n) is 9.37. The Hall–Kier alpha value is -1.02. The Morgan fingerprint density at radius 3 is 2.36 bits per heavy atom. The van der Waals surface area contributed by atoms with E-state index in [9.17, 15) is 0 Å². The lowest BCUT2D eigenvalue weighted by Crippen LogP contribution is -2.15. The highest BCUT2D eigenvalue weighted by Crippen LogP contribution is 2.19. The molecule has 14 heavy (non-hydrogen) atoms. The Balaban J connectivity index is 2.91. The van der Waals surface area contributed by atoms with Gasteiger partial charge in [-0.2, -0.15) is 0 Å². The van der Waals surface area contributed by atoms with E-state index >= 15 is 0 Å². The van der Waals surface area contributed by atoms with E-state index in [4.69, 9.17) is 4.74 Å². The number of rotatable bonds is 3. The molecule has 0 aliphatic rings. The van der Waals surface area contributed by atoms with Crippen LogP contribution in [0.15, 0.2) is 30.0 Å². The van der Waals surface area contributed by atoms with Crippen molar-refractivity contribution in [3.63, 3.8) is 0 Å². The number of ether oxygens (including phenoxy) is 1. The first-order valence-electron chi connectivity index (χ1n) is 4.85. The van der Waals surface area contributed by atoms with E-state index in [1.807, 2.05) is 18.2 Å².